The van der Waals surface area contributed by atoms with Crippen LogP contribution in [0.15, 0.2) is 18.2 Å². The van der Waals surface area contributed by atoms with Crippen LogP contribution in [0.1, 0.15) is 37.0 Å². The van der Waals surface area contributed by atoms with E-state index in [0.29, 0.717) is 29.5 Å². The first kappa shape index (κ1) is 13.6. The van der Waals surface area contributed by atoms with Crippen molar-refractivity contribution in [2.24, 2.45) is 5.92 Å². The van der Waals surface area contributed by atoms with Gasteiger partial charge in [-0.15, -0.1) is 0 Å². The lowest BCUT2D eigenvalue weighted by Crippen LogP contribution is -2.30. The molecule has 0 saturated heterocycles. The summed E-state index contributed by atoms with van der Waals surface area (Å²) in [6, 6.07) is 5.13. The Bertz CT molecular complexity index is 508. The molecule has 1 aliphatic rings. The molecule has 0 bridgehead atoms. The van der Waals surface area contributed by atoms with E-state index in [1.807, 2.05) is 0 Å². The van der Waals surface area contributed by atoms with Crippen LogP contribution in [0.4, 0.5) is 5.69 Å². The summed E-state index contributed by atoms with van der Waals surface area (Å²) in [5.41, 5.74) is 1.16. The first-order valence-electron chi connectivity index (χ1n) is 6.59. The molecule has 1 aromatic carbocycles. The number of rotatable bonds is 5. The standard InChI is InChI=1S/C15H19NO3/c1-10(2)5-4-8-16-13-9-11(19-3)6-7-12(13)14(17)15(16)18/h6-7,9-10H,4-5,8H2,1-3H3. The zero-order valence-corrected chi connectivity index (χ0v) is 11.6. The quantitative estimate of drug-likeness (QED) is 0.765. The molecule has 0 unspecified atom stereocenters. The van der Waals surface area contributed by atoms with E-state index in [2.05, 4.69) is 13.8 Å². The number of nitrogens with zero attached hydrogens (tertiary/aromatic N) is 1. The molecule has 4 nitrogen and oxygen atoms in total. The number of ketones is 1. The van der Waals surface area contributed by atoms with Crippen LogP contribution in [0.25, 0.3) is 0 Å². The second-order valence-electron chi connectivity index (χ2n) is 5.21. The summed E-state index contributed by atoms with van der Waals surface area (Å²) in [4.78, 5) is 25.4. The van der Waals surface area contributed by atoms with E-state index < -0.39 is 11.7 Å². The van der Waals surface area contributed by atoms with Crippen LogP contribution in [-0.4, -0.2) is 25.3 Å². The van der Waals surface area contributed by atoms with Gasteiger partial charge in [0.25, 0.3) is 11.7 Å². The van der Waals surface area contributed by atoms with Crippen LogP contribution in [0.3, 0.4) is 0 Å². The SMILES string of the molecule is COc1ccc2c(c1)N(CCCC(C)C)C(=O)C2=O. The third-order valence-electron chi connectivity index (χ3n) is 3.34. The number of carbonyl (C=O) groups excluding carboxylic acids is 2. The van der Waals surface area contributed by atoms with Crippen molar-refractivity contribution < 1.29 is 14.3 Å². The van der Waals surface area contributed by atoms with E-state index in [1.54, 1.807) is 30.2 Å². The van der Waals surface area contributed by atoms with Gasteiger partial charge in [-0.25, -0.2) is 0 Å². The molecule has 1 aliphatic heterocycles. The molecule has 4 heteroatoms. The Morgan fingerprint density at radius 3 is 2.63 bits per heavy atom. The third-order valence-corrected chi connectivity index (χ3v) is 3.34. The lowest BCUT2D eigenvalue weighted by Gasteiger charge is -2.17. The van der Waals surface area contributed by atoms with Gasteiger partial charge in [0, 0.05) is 12.6 Å². The molecule has 1 aromatic rings. The number of hydrogen-bond acceptors (Lipinski definition) is 3. The monoisotopic (exact) mass is 261 g/mol. The Morgan fingerprint density at radius 2 is 2.00 bits per heavy atom. The maximum atomic E-state index is 12.0. The molecular weight excluding hydrogens is 242 g/mol. The number of benzene rings is 1. The summed E-state index contributed by atoms with van der Waals surface area (Å²) >= 11 is 0. The number of fused-ring (bicyclic) bond motifs is 1. The summed E-state index contributed by atoms with van der Waals surface area (Å²) in [7, 11) is 1.57. The fourth-order valence-corrected chi connectivity index (χ4v) is 2.28. The molecule has 0 radical (unpaired) electrons. The van der Waals surface area contributed by atoms with E-state index >= 15 is 0 Å². The Kier molecular flexibility index (Phi) is 3.88. The summed E-state index contributed by atoms with van der Waals surface area (Å²) in [5, 5.41) is 0. The van der Waals surface area contributed by atoms with Gasteiger partial charge in [0.15, 0.2) is 0 Å². The molecule has 0 saturated carbocycles. The number of Topliss-reactive ketones (excluding diaryl/α,β-unsaturated/α-hetero) is 1. The van der Waals surface area contributed by atoms with Gasteiger partial charge in [0.2, 0.25) is 0 Å². The summed E-state index contributed by atoms with van der Waals surface area (Å²) < 4.78 is 5.15. The minimum absolute atomic E-state index is 0.415. The fraction of sp³-hybridized carbons (Fsp3) is 0.467. The van der Waals surface area contributed by atoms with E-state index in [9.17, 15) is 9.59 Å². The fourth-order valence-electron chi connectivity index (χ4n) is 2.28. The zero-order chi connectivity index (χ0) is 14.0. The molecule has 2 rings (SSSR count). The molecule has 0 N–H and O–H groups in total. The smallest absolute Gasteiger partial charge is 0.299 e. The van der Waals surface area contributed by atoms with Crippen molar-refractivity contribution in [3.05, 3.63) is 23.8 Å². The lowest BCUT2D eigenvalue weighted by atomic mass is 10.1. The number of hydrogen-bond donors (Lipinski definition) is 0. The third kappa shape index (κ3) is 2.62. The van der Waals surface area contributed by atoms with Crippen molar-refractivity contribution >= 4 is 17.4 Å². The molecular formula is C15H19NO3. The summed E-state index contributed by atoms with van der Waals surface area (Å²) in [6.07, 6.45) is 1.94. The zero-order valence-electron chi connectivity index (χ0n) is 11.6. The second-order valence-corrected chi connectivity index (χ2v) is 5.21. The molecule has 0 atom stereocenters. The predicted octanol–water partition coefficient (Wildman–Crippen LogP) is 2.66. The van der Waals surface area contributed by atoms with Crippen molar-refractivity contribution in [2.75, 3.05) is 18.6 Å². The predicted molar refractivity (Wildman–Crippen MR) is 73.7 cm³/mol. The normalized spacial score (nSPS) is 14.2. The Balaban J connectivity index is 2.21. The number of ether oxygens (including phenoxy) is 1. The maximum absolute atomic E-state index is 12.0. The highest BCUT2D eigenvalue weighted by Gasteiger charge is 2.35. The molecule has 0 aliphatic carbocycles. The first-order chi connectivity index (χ1) is 9.04. The van der Waals surface area contributed by atoms with Gasteiger partial charge in [-0.1, -0.05) is 13.8 Å². The Morgan fingerprint density at radius 1 is 1.26 bits per heavy atom. The molecule has 1 heterocycles. The molecule has 0 fully saturated rings. The summed E-state index contributed by atoms with van der Waals surface area (Å²) in [5.74, 6) is 0.419. The van der Waals surface area contributed by atoms with Gasteiger partial charge in [-0.05, 0) is 30.9 Å². The van der Waals surface area contributed by atoms with Gasteiger partial charge in [0.1, 0.15) is 5.75 Å². The van der Waals surface area contributed by atoms with Crippen LogP contribution in [-0.2, 0) is 4.79 Å². The molecule has 0 spiro atoms. The van der Waals surface area contributed by atoms with Crippen LogP contribution >= 0.6 is 0 Å². The van der Waals surface area contributed by atoms with E-state index in [4.69, 9.17) is 4.74 Å². The van der Waals surface area contributed by atoms with Crippen molar-refractivity contribution in [3.63, 3.8) is 0 Å². The first-order valence-corrected chi connectivity index (χ1v) is 6.59. The van der Waals surface area contributed by atoms with Crippen molar-refractivity contribution in [1.29, 1.82) is 0 Å². The second kappa shape index (κ2) is 5.43. The van der Waals surface area contributed by atoms with Crippen LogP contribution in [0, 0.1) is 5.92 Å². The van der Waals surface area contributed by atoms with E-state index in [0.717, 1.165) is 12.8 Å². The minimum Gasteiger partial charge on any atom is -0.497 e. The minimum atomic E-state index is -0.424. The van der Waals surface area contributed by atoms with Crippen LogP contribution in [0.5, 0.6) is 5.75 Å². The lowest BCUT2D eigenvalue weighted by molar-refractivity contribution is -0.114. The van der Waals surface area contributed by atoms with Crippen molar-refractivity contribution in [2.45, 2.75) is 26.7 Å². The number of anilines is 1. The van der Waals surface area contributed by atoms with E-state index in [1.165, 1.54) is 0 Å². The van der Waals surface area contributed by atoms with Gasteiger partial charge in [0.05, 0.1) is 18.4 Å². The van der Waals surface area contributed by atoms with Gasteiger partial charge in [-0.3, -0.25) is 9.59 Å². The summed E-state index contributed by atoms with van der Waals surface area (Å²) in [6.45, 7) is 4.88. The average molecular weight is 261 g/mol. The highest BCUT2D eigenvalue weighted by Crippen LogP contribution is 2.32. The van der Waals surface area contributed by atoms with Crippen LogP contribution < -0.4 is 9.64 Å². The Labute approximate surface area is 113 Å². The molecule has 102 valence electrons. The molecule has 19 heavy (non-hydrogen) atoms. The van der Waals surface area contributed by atoms with Gasteiger partial charge >= 0.3 is 0 Å². The number of methoxy groups -OCH3 is 1. The Hall–Kier alpha value is -1.84. The largest absolute Gasteiger partial charge is 0.497 e. The maximum Gasteiger partial charge on any atom is 0.299 e. The molecule has 0 aromatic heterocycles. The van der Waals surface area contributed by atoms with Crippen molar-refractivity contribution in [3.8, 4) is 5.75 Å². The van der Waals surface area contributed by atoms with Gasteiger partial charge in [-0.2, -0.15) is 0 Å². The van der Waals surface area contributed by atoms with Crippen molar-refractivity contribution in [1.82, 2.24) is 0 Å². The number of amides is 1. The highest BCUT2D eigenvalue weighted by atomic mass is 16.5. The highest BCUT2D eigenvalue weighted by molar-refractivity contribution is 6.52. The van der Waals surface area contributed by atoms with Gasteiger partial charge < -0.3 is 9.64 Å². The topological polar surface area (TPSA) is 46.6 Å². The van der Waals surface area contributed by atoms with E-state index in [-0.39, 0.29) is 0 Å². The molecule has 1 amide bonds. The van der Waals surface area contributed by atoms with Crippen LogP contribution in [0.2, 0.25) is 0 Å². The number of carbonyl (C=O) groups is 2. The average Bonchev–Trinajstić information content (AvgIpc) is 2.63.